The van der Waals surface area contributed by atoms with Gasteiger partial charge in [0.2, 0.25) is 0 Å². The van der Waals surface area contributed by atoms with Gasteiger partial charge >= 0.3 is 0 Å². The fourth-order valence-electron chi connectivity index (χ4n) is 3.33. The Bertz CT molecular complexity index is 997. The fraction of sp³-hybridized carbons (Fsp3) is 0.167. The van der Waals surface area contributed by atoms with Gasteiger partial charge in [0.25, 0.3) is 0 Å². The summed E-state index contributed by atoms with van der Waals surface area (Å²) in [5, 5.41) is 13.3. The molecule has 1 heterocycles. The van der Waals surface area contributed by atoms with Gasteiger partial charge in [0.05, 0.1) is 5.71 Å². The fourth-order valence-corrected chi connectivity index (χ4v) is 3.33. The molecule has 0 unspecified atom stereocenters. The summed E-state index contributed by atoms with van der Waals surface area (Å²) < 4.78 is 0. The topological polar surface area (TPSA) is 45.5 Å². The molecule has 3 nitrogen and oxygen atoms in total. The van der Waals surface area contributed by atoms with Gasteiger partial charge in [-0.05, 0) is 54.8 Å². The second-order valence-corrected chi connectivity index (χ2v) is 6.61. The minimum absolute atomic E-state index is 0.0531. The number of oxime groups is 1. The molecule has 27 heavy (non-hydrogen) atoms. The molecule has 0 amide bonds. The normalized spacial score (nSPS) is 12.4. The van der Waals surface area contributed by atoms with Crippen LogP contribution in [0.15, 0.2) is 72.0 Å². The lowest BCUT2D eigenvalue weighted by Crippen LogP contribution is -2.12. The number of terminal acetylenes is 1. The minimum atomic E-state index is 0.0531. The average molecular weight is 354 g/mol. The average Bonchev–Trinajstić information content (AvgIpc) is 2.70. The molecule has 0 saturated carbocycles. The Morgan fingerprint density at radius 2 is 1.85 bits per heavy atom. The van der Waals surface area contributed by atoms with Gasteiger partial charge in [-0.25, -0.2) is 0 Å². The van der Waals surface area contributed by atoms with E-state index in [2.05, 4.69) is 47.2 Å². The van der Waals surface area contributed by atoms with Crippen LogP contribution in [0.1, 0.15) is 45.8 Å². The number of nitrogens with zero attached hydrogens (tertiary/aromatic N) is 2. The van der Waals surface area contributed by atoms with Crippen molar-refractivity contribution in [3.8, 4) is 12.3 Å². The Labute approximate surface area is 160 Å². The van der Waals surface area contributed by atoms with Crippen molar-refractivity contribution in [3.63, 3.8) is 0 Å². The first-order valence-corrected chi connectivity index (χ1v) is 8.88. The van der Waals surface area contributed by atoms with Crippen LogP contribution in [-0.4, -0.2) is 15.9 Å². The van der Waals surface area contributed by atoms with Gasteiger partial charge in [0.15, 0.2) is 0 Å². The summed E-state index contributed by atoms with van der Waals surface area (Å²) in [5.74, 6) is 2.71. The van der Waals surface area contributed by atoms with Crippen LogP contribution in [-0.2, 0) is 0 Å². The first-order chi connectivity index (χ1) is 13.1. The van der Waals surface area contributed by atoms with Crippen LogP contribution in [0.2, 0.25) is 0 Å². The maximum absolute atomic E-state index is 9.71. The van der Waals surface area contributed by atoms with Gasteiger partial charge in [-0.2, -0.15) is 0 Å². The van der Waals surface area contributed by atoms with Crippen LogP contribution >= 0.6 is 0 Å². The van der Waals surface area contributed by atoms with E-state index in [1.807, 2.05) is 43.3 Å². The SMILES string of the molecule is C#Cc1ccc([C@@H](C/C(=N/O)c2ccnc(C)c2)c2ccccc2C)cc1. The quantitative estimate of drug-likeness (QED) is 0.300. The van der Waals surface area contributed by atoms with Crippen LogP contribution in [0.3, 0.4) is 0 Å². The lowest BCUT2D eigenvalue weighted by Gasteiger charge is -2.21. The second kappa shape index (κ2) is 8.33. The molecule has 0 bridgehead atoms. The monoisotopic (exact) mass is 354 g/mol. The first kappa shape index (κ1) is 18.4. The number of hydrogen-bond donors (Lipinski definition) is 1. The molecule has 1 atom stereocenters. The molecule has 2 aromatic carbocycles. The number of aromatic nitrogens is 1. The van der Waals surface area contributed by atoms with Crippen LogP contribution in [0.25, 0.3) is 0 Å². The Hall–Kier alpha value is -3.38. The predicted molar refractivity (Wildman–Crippen MR) is 109 cm³/mol. The lowest BCUT2D eigenvalue weighted by molar-refractivity contribution is 0.317. The second-order valence-electron chi connectivity index (χ2n) is 6.61. The molecule has 3 heteroatoms. The third-order valence-electron chi connectivity index (χ3n) is 4.79. The molecule has 1 N–H and O–H groups in total. The van der Waals surface area contributed by atoms with Crippen molar-refractivity contribution in [3.05, 3.63) is 100 Å². The zero-order chi connectivity index (χ0) is 19.2. The number of aryl methyl sites for hydroxylation is 2. The number of benzene rings is 2. The third kappa shape index (κ3) is 4.24. The largest absolute Gasteiger partial charge is 0.411 e. The molecule has 0 aliphatic heterocycles. The van der Waals surface area contributed by atoms with E-state index in [0.29, 0.717) is 12.1 Å². The van der Waals surface area contributed by atoms with E-state index in [0.717, 1.165) is 22.4 Å². The zero-order valence-corrected chi connectivity index (χ0v) is 15.6. The summed E-state index contributed by atoms with van der Waals surface area (Å²) in [7, 11) is 0. The number of pyridine rings is 1. The van der Waals surface area contributed by atoms with Crippen molar-refractivity contribution >= 4 is 5.71 Å². The minimum Gasteiger partial charge on any atom is -0.411 e. The van der Waals surface area contributed by atoms with Gasteiger partial charge in [0, 0.05) is 35.4 Å². The summed E-state index contributed by atoms with van der Waals surface area (Å²) >= 11 is 0. The third-order valence-corrected chi connectivity index (χ3v) is 4.79. The summed E-state index contributed by atoms with van der Waals surface area (Å²) in [4.78, 5) is 4.23. The molecule has 134 valence electrons. The standard InChI is InChI=1S/C24H22N2O/c1-4-19-9-11-20(12-10-19)23(22-8-6-5-7-17(22)2)16-24(26-27)21-13-14-25-18(3)15-21/h1,5-15,23,27H,16H2,2-3H3/b26-24-/t23-/m1/s1. The van der Waals surface area contributed by atoms with E-state index >= 15 is 0 Å². The maximum atomic E-state index is 9.71. The van der Waals surface area contributed by atoms with Crippen molar-refractivity contribution in [1.82, 2.24) is 4.98 Å². The Morgan fingerprint density at radius 3 is 2.48 bits per heavy atom. The van der Waals surface area contributed by atoms with E-state index in [-0.39, 0.29) is 5.92 Å². The highest BCUT2D eigenvalue weighted by Gasteiger charge is 2.20. The molecule has 1 aromatic heterocycles. The van der Waals surface area contributed by atoms with E-state index < -0.39 is 0 Å². The summed E-state index contributed by atoms with van der Waals surface area (Å²) in [5.41, 5.74) is 6.79. The summed E-state index contributed by atoms with van der Waals surface area (Å²) in [6, 6.07) is 20.1. The predicted octanol–water partition coefficient (Wildman–Crippen LogP) is 5.08. The van der Waals surface area contributed by atoms with Gasteiger partial charge < -0.3 is 5.21 Å². The molecule has 0 fully saturated rings. The van der Waals surface area contributed by atoms with E-state index in [1.165, 1.54) is 11.1 Å². The van der Waals surface area contributed by atoms with Gasteiger partial charge in [0.1, 0.15) is 0 Å². The molecule has 0 saturated heterocycles. The van der Waals surface area contributed by atoms with Crippen LogP contribution in [0, 0.1) is 26.2 Å². The van der Waals surface area contributed by atoms with E-state index in [1.54, 1.807) is 6.20 Å². The Morgan fingerprint density at radius 1 is 1.11 bits per heavy atom. The van der Waals surface area contributed by atoms with E-state index in [9.17, 15) is 5.21 Å². The van der Waals surface area contributed by atoms with Crippen molar-refractivity contribution in [2.45, 2.75) is 26.2 Å². The maximum Gasteiger partial charge on any atom is 0.0878 e. The van der Waals surface area contributed by atoms with Gasteiger partial charge in [-0.3, -0.25) is 4.98 Å². The van der Waals surface area contributed by atoms with E-state index in [4.69, 9.17) is 6.42 Å². The molecule has 0 radical (unpaired) electrons. The highest BCUT2D eigenvalue weighted by molar-refractivity contribution is 6.00. The lowest BCUT2D eigenvalue weighted by atomic mass is 9.83. The smallest absolute Gasteiger partial charge is 0.0878 e. The Kier molecular flexibility index (Phi) is 5.68. The molecular formula is C24H22N2O. The molecule has 3 aromatic rings. The summed E-state index contributed by atoms with van der Waals surface area (Å²) in [6.07, 6.45) is 7.80. The number of rotatable bonds is 5. The molecule has 3 rings (SSSR count). The van der Waals surface area contributed by atoms with Crippen molar-refractivity contribution in [2.24, 2.45) is 5.16 Å². The first-order valence-electron chi connectivity index (χ1n) is 8.88. The molecular weight excluding hydrogens is 332 g/mol. The zero-order valence-electron chi connectivity index (χ0n) is 15.6. The molecule has 0 spiro atoms. The highest BCUT2D eigenvalue weighted by atomic mass is 16.4. The number of hydrogen-bond acceptors (Lipinski definition) is 3. The molecule has 0 aliphatic rings. The van der Waals surface area contributed by atoms with Crippen LogP contribution < -0.4 is 0 Å². The van der Waals surface area contributed by atoms with Crippen LogP contribution in [0.5, 0.6) is 0 Å². The van der Waals surface area contributed by atoms with Crippen molar-refractivity contribution in [2.75, 3.05) is 0 Å². The highest BCUT2D eigenvalue weighted by Crippen LogP contribution is 2.32. The summed E-state index contributed by atoms with van der Waals surface area (Å²) in [6.45, 7) is 4.03. The van der Waals surface area contributed by atoms with Crippen LogP contribution in [0.4, 0.5) is 0 Å². The van der Waals surface area contributed by atoms with Crippen molar-refractivity contribution < 1.29 is 5.21 Å². The Balaban J connectivity index is 2.04. The molecule has 0 aliphatic carbocycles. The van der Waals surface area contributed by atoms with Crippen molar-refractivity contribution in [1.29, 1.82) is 0 Å². The van der Waals surface area contributed by atoms with Gasteiger partial charge in [-0.15, -0.1) is 6.42 Å². The van der Waals surface area contributed by atoms with Gasteiger partial charge in [-0.1, -0.05) is 47.5 Å².